The second-order valence-corrected chi connectivity index (χ2v) is 10.1. The first-order chi connectivity index (χ1) is 17.0. The number of hydrogen-bond donors (Lipinski definition) is 1. The maximum Gasteiger partial charge on any atom is 0.271 e. The highest BCUT2D eigenvalue weighted by Gasteiger charge is 2.35. The van der Waals surface area contributed by atoms with Crippen molar-refractivity contribution in [1.82, 2.24) is 0 Å². The van der Waals surface area contributed by atoms with E-state index in [0.717, 1.165) is 36.1 Å². The van der Waals surface area contributed by atoms with Crippen molar-refractivity contribution in [3.05, 3.63) is 63.5 Å². The van der Waals surface area contributed by atoms with Gasteiger partial charge < -0.3 is 14.6 Å². The van der Waals surface area contributed by atoms with Crippen molar-refractivity contribution in [2.75, 3.05) is 24.7 Å². The number of hydrogen-bond acceptors (Lipinski definition) is 6. The van der Waals surface area contributed by atoms with Gasteiger partial charge in [-0.3, -0.25) is 14.7 Å². The molecule has 0 bridgehead atoms. The van der Waals surface area contributed by atoms with E-state index < -0.39 is 0 Å². The number of aliphatic imine (C=N–C) groups is 1. The molecule has 0 unspecified atom stereocenters. The fourth-order valence-electron chi connectivity index (χ4n) is 3.79. The van der Waals surface area contributed by atoms with E-state index in [9.17, 15) is 9.90 Å². The molecule has 2 aromatic rings. The van der Waals surface area contributed by atoms with Gasteiger partial charge in [0.25, 0.3) is 5.91 Å². The molecular formula is C27H31ClN2O4S. The first kappa shape index (κ1) is 25.8. The van der Waals surface area contributed by atoms with Gasteiger partial charge in [0.2, 0.25) is 0 Å². The largest absolute Gasteiger partial charge is 0.489 e. The number of aryl methyl sites for hydroxylation is 1. The number of rotatable bonds is 10. The van der Waals surface area contributed by atoms with Gasteiger partial charge in [-0.15, -0.1) is 0 Å². The second kappa shape index (κ2) is 12.1. The number of amidine groups is 1. The molecule has 1 aliphatic heterocycles. The van der Waals surface area contributed by atoms with Crippen LogP contribution in [0.5, 0.6) is 5.75 Å². The smallest absolute Gasteiger partial charge is 0.271 e. The number of thioether (sulfide) groups is 1. The first-order valence-corrected chi connectivity index (χ1v) is 13.2. The molecule has 186 valence electrons. The third-order valence-corrected chi connectivity index (χ3v) is 7.25. The number of para-hydroxylation sites is 1. The summed E-state index contributed by atoms with van der Waals surface area (Å²) in [7, 11) is 0. The number of carbonyl (C=O) groups is 1. The molecule has 6 nitrogen and oxygen atoms in total. The molecule has 1 N–H and O–H groups in total. The highest BCUT2D eigenvalue weighted by atomic mass is 35.5. The highest BCUT2D eigenvalue weighted by molar-refractivity contribution is 8.19. The molecule has 0 aromatic heterocycles. The number of aliphatic hydroxyl groups is 1. The van der Waals surface area contributed by atoms with E-state index in [0.29, 0.717) is 27.4 Å². The lowest BCUT2D eigenvalue weighted by Gasteiger charge is -2.29. The normalized spacial score (nSPS) is 19.4. The number of aliphatic hydroxyl groups excluding tert-OH is 1. The van der Waals surface area contributed by atoms with E-state index in [1.807, 2.05) is 43.3 Å². The third kappa shape index (κ3) is 6.28. The minimum absolute atomic E-state index is 0.100. The standard InChI is InChI=1S/C27H31ClN2O4S/c1-3-13-29-27-30(23-10-5-4-7-18(23)2)26(32)25(35-27)15-19-11-12-24(22(28)14-19)33-17-21(16-31)34-20-8-6-9-20/h4-5,7,10-12,14-15,20-21,31H,3,6,8-9,13,16-17H2,1-2H3/b25-15-,29-27-/t21-/m1/s1. The van der Waals surface area contributed by atoms with Gasteiger partial charge in [0.05, 0.1) is 28.3 Å². The van der Waals surface area contributed by atoms with Gasteiger partial charge in [-0.25, -0.2) is 0 Å². The van der Waals surface area contributed by atoms with Crippen LogP contribution in [-0.2, 0) is 9.53 Å². The SMILES string of the molecule is CCC/N=C1\S/C(=C\c2ccc(OC[C@@H](CO)OC3CCC3)c(Cl)c2)C(=O)N1c1ccccc1C. The molecule has 4 rings (SSSR count). The fourth-order valence-corrected chi connectivity index (χ4v) is 5.03. The highest BCUT2D eigenvalue weighted by Crippen LogP contribution is 2.38. The van der Waals surface area contributed by atoms with Gasteiger partial charge in [-0.05, 0) is 79.8 Å². The van der Waals surface area contributed by atoms with Crippen molar-refractivity contribution in [2.24, 2.45) is 4.99 Å². The average molecular weight is 515 g/mol. The number of halogens is 1. The van der Waals surface area contributed by atoms with Crippen LogP contribution in [0.3, 0.4) is 0 Å². The van der Waals surface area contributed by atoms with Gasteiger partial charge in [0.15, 0.2) is 5.17 Å². The maximum atomic E-state index is 13.4. The molecule has 1 saturated carbocycles. The summed E-state index contributed by atoms with van der Waals surface area (Å²) in [4.78, 5) is 20.3. The Labute approximate surface area is 216 Å². The Bertz CT molecular complexity index is 1120. The predicted octanol–water partition coefficient (Wildman–Crippen LogP) is 5.84. The van der Waals surface area contributed by atoms with Crippen molar-refractivity contribution in [2.45, 2.75) is 51.7 Å². The van der Waals surface area contributed by atoms with Crippen molar-refractivity contribution in [3.8, 4) is 5.75 Å². The minimum atomic E-state index is -0.376. The van der Waals surface area contributed by atoms with Crippen molar-refractivity contribution in [3.63, 3.8) is 0 Å². The van der Waals surface area contributed by atoms with Gasteiger partial charge in [0.1, 0.15) is 18.5 Å². The lowest BCUT2D eigenvalue weighted by Crippen LogP contribution is -2.34. The number of carbonyl (C=O) groups excluding carboxylic acids is 1. The Kier molecular flexibility index (Phi) is 8.89. The summed E-state index contributed by atoms with van der Waals surface area (Å²) in [5, 5.41) is 10.7. The molecule has 1 amide bonds. The van der Waals surface area contributed by atoms with Crippen molar-refractivity contribution in [1.29, 1.82) is 0 Å². The zero-order valence-electron chi connectivity index (χ0n) is 20.1. The quantitative estimate of drug-likeness (QED) is 0.403. The van der Waals surface area contributed by atoms with E-state index >= 15 is 0 Å². The molecule has 1 heterocycles. The lowest BCUT2D eigenvalue weighted by atomic mass is 9.96. The van der Waals surface area contributed by atoms with Gasteiger partial charge in [-0.1, -0.05) is 42.8 Å². The Morgan fingerprint density at radius 3 is 2.74 bits per heavy atom. The average Bonchev–Trinajstić information content (AvgIpc) is 3.12. The Morgan fingerprint density at radius 1 is 1.29 bits per heavy atom. The fraction of sp³-hybridized carbons (Fsp3) is 0.407. The monoisotopic (exact) mass is 514 g/mol. The second-order valence-electron chi connectivity index (χ2n) is 8.70. The van der Waals surface area contributed by atoms with E-state index in [4.69, 9.17) is 21.1 Å². The first-order valence-electron chi connectivity index (χ1n) is 12.0. The van der Waals surface area contributed by atoms with Crippen LogP contribution >= 0.6 is 23.4 Å². The Hall–Kier alpha value is -2.32. The molecule has 2 fully saturated rings. The molecule has 1 aliphatic carbocycles. The molecule has 8 heteroatoms. The molecular weight excluding hydrogens is 484 g/mol. The van der Waals surface area contributed by atoms with Crippen LogP contribution in [0.15, 0.2) is 52.4 Å². The van der Waals surface area contributed by atoms with Gasteiger partial charge >= 0.3 is 0 Å². The molecule has 0 spiro atoms. The maximum absolute atomic E-state index is 13.4. The zero-order valence-corrected chi connectivity index (χ0v) is 21.6. The zero-order chi connectivity index (χ0) is 24.8. The summed E-state index contributed by atoms with van der Waals surface area (Å²) in [5.41, 5.74) is 2.65. The summed E-state index contributed by atoms with van der Waals surface area (Å²) in [6.07, 6.45) is 5.80. The van der Waals surface area contributed by atoms with Crippen LogP contribution in [0.2, 0.25) is 5.02 Å². The van der Waals surface area contributed by atoms with Crippen molar-refractivity contribution < 1.29 is 19.4 Å². The topological polar surface area (TPSA) is 71.4 Å². The van der Waals surface area contributed by atoms with Gasteiger partial charge in [-0.2, -0.15) is 0 Å². The number of nitrogens with zero attached hydrogens (tertiary/aromatic N) is 2. The van der Waals surface area contributed by atoms with E-state index in [1.165, 1.54) is 18.2 Å². The third-order valence-electron chi connectivity index (χ3n) is 5.95. The summed E-state index contributed by atoms with van der Waals surface area (Å²) in [6.45, 7) is 4.83. The van der Waals surface area contributed by atoms with Gasteiger partial charge in [0, 0.05) is 6.54 Å². The van der Waals surface area contributed by atoms with E-state index in [-0.39, 0.29) is 31.3 Å². The van der Waals surface area contributed by atoms with E-state index in [2.05, 4.69) is 11.9 Å². The van der Waals surface area contributed by atoms with Crippen LogP contribution in [0.1, 0.15) is 43.7 Å². The Morgan fingerprint density at radius 2 is 2.09 bits per heavy atom. The van der Waals surface area contributed by atoms with E-state index in [1.54, 1.807) is 17.0 Å². The molecule has 2 aromatic carbocycles. The van der Waals surface area contributed by atoms with Crippen molar-refractivity contribution >= 4 is 46.2 Å². The lowest BCUT2D eigenvalue weighted by molar-refractivity contribution is -0.113. The van der Waals surface area contributed by atoms with Crippen LogP contribution < -0.4 is 9.64 Å². The number of amides is 1. The molecule has 1 atom stereocenters. The summed E-state index contributed by atoms with van der Waals surface area (Å²) in [6, 6.07) is 13.2. The van der Waals surface area contributed by atoms with Crippen LogP contribution in [0.4, 0.5) is 5.69 Å². The Balaban J connectivity index is 1.49. The number of benzene rings is 2. The molecule has 1 saturated heterocycles. The summed E-state index contributed by atoms with van der Waals surface area (Å²) < 4.78 is 11.6. The number of anilines is 1. The number of ether oxygens (including phenoxy) is 2. The van der Waals surface area contributed by atoms with Crippen LogP contribution in [0, 0.1) is 6.92 Å². The van der Waals surface area contributed by atoms with Crippen LogP contribution in [0.25, 0.3) is 6.08 Å². The minimum Gasteiger partial charge on any atom is -0.489 e. The predicted molar refractivity (Wildman–Crippen MR) is 143 cm³/mol. The molecule has 2 aliphatic rings. The molecule has 35 heavy (non-hydrogen) atoms. The van der Waals surface area contributed by atoms with Crippen LogP contribution in [-0.4, -0.2) is 48.1 Å². The summed E-state index contributed by atoms with van der Waals surface area (Å²) in [5.74, 6) is 0.413. The summed E-state index contributed by atoms with van der Waals surface area (Å²) >= 11 is 7.86. The molecule has 0 radical (unpaired) electrons.